The minimum absolute atomic E-state index is 0.0569. The van der Waals surface area contributed by atoms with Gasteiger partial charge in [0.25, 0.3) is 0 Å². The van der Waals surface area contributed by atoms with Gasteiger partial charge in [0, 0.05) is 25.2 Å². The van der Waals surface area contributed by atoms with E-state index < -0.39 is 0 Å². The van der Waals surface area contributed by atoms with E-state index in [0.29, 0.717) is 25.9 Å². The van der Waals surface area contributed by atoms with E-state index in [-0.39, 0.29) is 6.03 Å². The number of hydrogen-bond donors (Lipinski definition) is 1. The number of aldehydes is 1. The van der Waals surface area contributed by atoms with E-state index in [9.17, 15) is 9.59 Å². The lowest BCUT2D eigenvalue weighted by Crippen LogP contribution is -2.28. The average molecular weight is 218 g/mol. The lowest BCUT2D eigenvalue weighted by molar-refractivity contribution is -0.107. The Labute approximate surface area is 94.2 Å². The molecule has 1 aliphatic rings. The summed E-state index contributed by atoms with van der Waals surface area (Å²) in [5, 5.41) is 2.77. The quantitative estimate of drug-likeness (QED) is 0.775. The summed E-state index contributed by atoms with van der Waals surface area (Å²) >= 11 is 0. The molecule has 1 heterocycles. The monoisotopic (exact) mass is 218 g/mol. The second-order valence-corrected chi connectivity index (χ2v) is 3.72. The average Bonchev–Trinajstić information content (AvgIpc) is 2.73. The standard InChI is InChI=1S/C12H14N2O2/c15-9-3-5-10-4-1-2-6-11(10)14-8-7-13-12(14)16/h1-2,4,6,9H,3,5,7-8H2,(H,13,16). The minimum Gasteiger partial charge on any atom is -0.336 e. The number of rotatable bonds is 4. The molecule has 0 aliphatic carbocycles. The molecule has 1 aliphatic heterocycles. The molecule has 16 heavy (non-hydrogen) atoms. The zero-order chi connectivity index (χ0) is 11.4. The largest absolute Gasteiger partial charge is 0.336 e. The van der Waals surface area contributed by atoms with Gasteiger partial charge in [-0.05, 0) is 18.1 Å². The number of nitrogens with one attached hydrogen (secondary N) is 1. The van der Waals surface area contributed by atoms with E-state index in [1.165, 1.54) is 0 Å². The van der Waals surface area contributed by atoms with Gasteiger partial charge in [-0.25, -0.2) is 4.79 Å². The van der Waals surface area contributed by atoms with E-state index >= 15 is 0 Å². The van der Waals surface area contributed by atoms with E-state index in [1.807, 2.05) is 24.3 Å². The molecule has 2 rings (SSSR count). The predicted molar refractivity (Wildman–Crippen MR) is 61.6 cm³/mol. The molecule has 0 radical (unpaired) electrons. The van der Waals surface area contributed by atoms with E-state index in [4.69, 9.17) is 0 Å². The van der Waals surface area contributed by atoms with Gasteiger partial charge < -0.3 is 10.1 Å². The van der Waals surface area contributed by atoms with Crippen molar-refractivity contribution in [2.24, 2.45) is 0 Å². The number of benzene rings is 1. The Kier molecular flexibility index (Phi) is 3.19. The SMILES string of the molecule is O=CCCc1ccccc1N1CCNC1=O. The Morgan fingerprint density at radius 3 is 2.88 bits per heavy atom. The molecule has 0 atom stereocenters. The van der Waals surface area contributed by atoms with Gasteiger partial charge in [0.2, 0.25) is 0 Å². The molecule has 0 bridgehead atoms. The second kappa shape index (κ2) is 4.79. The van der Waals surface area contributed by atoms with Crippen LogP contribution in [0.5, 0.6) is 0 Å². The van der Waals surface area contributed by atoms with Gasteiger partial charge in [-0.1, -0.05) is 18.2 Å². The van der Waals surface area contributed by atoms with Gasteiger partial charge in [0.05, 0.1) is 0 Å². The Morgan fingerprint density at radius 2 is 2.19 bits per heavy atom. The highest BCUT2D eigenvalue weighted by atomic mass is 16.2. The van der Waals surface area contributed by atoms with Gasteiger partial charge in [-0.2, -0.15) is 0 Å². The molecule has 1 aromatic rings. The van der Waals surface area contributed by atoms with E-state index in [1.54, 1.807) is 4.90 Å². The Morgan fingerprint density at radius 1 is 1.38 bits per heavy atom. The predicted octanol–water partition coefficient (Wildman–Crippen LogP) is 1.35. The van der Waals surface area contributed by atoms with Crippen LogP contribution in [0, 0.1) is 0 Å². The molecule has 4 heteroatoms. The number of carbonyl (C=O) groups excluding carboxylic acids is 2. The van der Waals surface area contributed by atoms with Gasteiger partial charge in [-0.3, -0.25) is 4.90 Å². The molecular formula is C12H14N2O2. The van der Waals surface area contributed by atoms with Gasteiger partial charge in [0.15, 0.2) is 0 Å². The summed E-state index contributed by atoms with van der Waals surface area (Å²) in [6.07, 6.45) is 2.08. The lowest BCUT2D eigenvalue weighted by Gasteiger charge is -2.17. The number of nitrogens with zero attached hydrogens (tertiary/aromatic N) is 1. The van der Waals surface area contributed by atoms with Crippen molar-refractivity contribution in [3.05, 3.63) is 29.8 Å². The summed E-state index contributed by atoms with van der Waals surface area (Å²) < 4.78 is 0. The lowest BCUT2D eigenvalue weighted by atomic mass is 10.1. The Bertz CT molecular complexity index is 404. The van der Waals surface area contributed by atoms with Gasteiger partial charge in [0.1, 0.15) is 6.29 Å². The number of aryl methyl sites for hydroxylation is 1. The van der Waals surface area contributed by atoms with Crippen LogP contribution in [0.15, 0.2) is 24.3 Å². The van der Waals surface area contributed by atoms with Gasteiger partial charge in [-0.15, -0.1) is 0 Å². The first-order valence-corrected chi connectivity index (χ1v) is 5.40. The molecule has 1 aromatic carbocycles. The normalized spacial score (nSPS) is 15.0. The Balaban J connectivity index is 2.24. The third kappa shape index (κ3) is 2.05. The van der Waals surface area contributed by atoms with Crippen LogP contribution in [0.1, 0.15) is 12.0 Å². The van der Waals surface area contributed by atoms with Crippen molar-refractivity contribution in [3.8, 4) is 0 Å². The maximum atomic E-state index is 11.5. The van der Waals surface area contributed by atoms with Crippen LogP contribution in [0.2, 0.25) is 0 Å². The molecule has 0 saturated carbocycles. The van der Waals surface area contributed by atoms with Crippen LogP contribution in [-0.4, -0.2) is 25.4 Å². The third-order valence-corrected chi connectivity index (χ3v) is 2.67. The smallest absolute Gasteiger partial charge is 0.322 e. The van der Waals surface area contributed by atoms with Crippen molar-refractivity contribution in [2.75, 3.05) is 18.0 Å². The first-order valence-electron chi connectivity index (χ1n) is 5.40. The summed E-state index contributed by atoms with van der Waals surface area (Å²) in [6.45, 7) is 1.37. The van der Waals surface area contributed by atoms with Crippen LogP contribution in [0.4, 0.5) is 10.5 Å². The number of para-hydroxylation sites is 1. The van der Waals surface area contributed by atoms with E-state index in [2.05, 4.69) is 5.32 Å². The first-order chi connectivity index (χ1) is 7.83. The number of anilines is 1. The Hall–Kier alpha value is -1.84. The summed E-state index contributed by atoms with van der Waals surface area (Å²) in [5.41, 5.74) is 1.96. The highest BCUT2D eigenvalue weighted by Gasteiger charge is 2.22. The summed E-state index contributed by atoms with van der Waals surface area (Å²) in [5.74, 6) is 0. The van der Waals surface area contributed by atoms with Crippen LogP contribution < -0.4 is 10.2 Å². The zero-order valence-corrected chi connectivity index (χ0v) is 8.98. The molecule has 0 unspecified atom stereocenters. The first kappa shape index (κ1) is 10.7. The van der Waals surface area contributed by atoms with Crippen LogP contribution in [-0.2, 0) is 11.2 Å². The summed E-state index contributed by atoms with van der Waals surface area (Å²) in [4.78, 5) is 23.7. The van der Waals surface area contributed by atoms with Crippen molar-refractivity contribution >= 4 is 18.0 Å². The molecule has 0 spiro atoms. The van der Waals surface area contributed by atoms with Crippen LogP contribution in [0.25, 0.3) is 0 Å². The number of urea groups is 1. The van der Waals surface area contributed by atoms with E-state index in [0.717, 1.165) is 17.5 Å². The maximum absolute atomic E-state index is 11.5. The van der Waals surface area contributed by atoms with Crippen LogP contribution in [0.3, 0.4) is 0 Å². The highest BCUT2D eigenvalue weighted by Crippen LogP contribution is 2.22. The number of amides is 2. The molecule has 1 N–H and O–H groups in total. The molecule has 84 valence electrons. The number of hydrogen-bond acceptors (Lipinski definition) is 2. The van der Waals surface area contributed by atoms with Crippen molar-refractivity contribution in [2.45, 2.75) is 12.8 Å². The fourth-order valence-electron chi connectivity index (χ4n) is 1.90. The topological polar surface area (TPSA) is 49.4 Å². The van der Waals surface area contributed by atoms with Crippen LogP contribution >= 0.6 is 0 Å². The van der Waals surface area contributed by atoms with Crippen molar-refractivity contribution < 1.29 is 9.59 Å². The second-order valence-electron chi connectivity index (χ2n) is 3.72. The number of carbonyl (C=O) groups is 2. The molecular weight excluding hydrogens is 204 g/mol. The molecule has 1 saturated heterocycles. The van der Waals surface area contributed by atoms with Gasteiger partial charge >= 0.3 is 6.03 Å². The highest BCUT2D eigenvalue weighted by molar-refractivity contribution is 5.94. The molecule has 4 nitrogen and oxygen atoms in total. The molecule has 0 aromatic heterocycles. The molecule has 1 fully saturated rings. The minimum atomic E-state index is -0.0569. The zero-order valence-electron chi connectivity index (χ0n) is 8.98. The van der Waals surface area contributed by atoms with Crippen molar-refractivity contribution in [1.82, 2.24) is 5.32 Å². The maximum Gasteiger partial charge on any atom is 0.322 e. The summed E-state index contributed by atoms with van der Waals surface area (Å²) in [7, 11) is 0. The third-order valence-electron chi connectivity index (χ3n) is 2.67. The van der Waals surface area contributed by atoms with Crippen molar-refractivity contribution in [3.63, 3.8) is 0 Å². The fourth-order valence-corrected chi connectivity index (χ4v) is 1.90. The fraction of sp³-hybridized carbons (Fsp3) is 0.333. The summed E-state index contributed by atoms with van der Waals surface area (Å²) in [6, 6.07) is 7.66. The van der Waals surface area contributed by atoms with Crippen molar-refractivity contribution in [1.29, 1.82) is 0 Å². The molecule has 2 amide bonds.